The van der Waals surface area contributed by atoms with E-state index in [0.717, 1.165) is 12.8 Å². The number of carboxylic acids is 1. The van der Waals surface area contributed by atoms with Gasteiger partial charge >= 0.3 is 5.97 Å². The van der Waals surface area contributed by atoms with Gasteiger partial charge < -0.3 is 10.4 Å². The van der Waals surface area contributed by atoms with Crippen LogP contribution < -0.4 is 5.32 Å². The maximum Gasteiger partial charge on any atom is 0.336 e. The molecule has 2 N–H and O–H groups in total. The minimum absolute atomic E-state index is 0.359. The van der Waals surface area contributed by atoms with Gasteiger partial charge in [0.2, 0.25) is 0 Å². The van der Waals surface area contributed by atoms with Crippen molar-refractivity contribution in [2.24, 2.45) is 5.92 Å². The summed E-state index contributed by atoms with van der Waals surface area (Å²) in [6, 6.07) is 1.13. The summed E-state index contributed by atoms with van der Waals surface area (Å²) in [6.07, 6.45) is 2.04. The second kappa shape index (κ2) is 4.72. The number of carbonyl (C=O) groups is 2. The molecule has 1 aromatic rings. The van der Waals surface area contributed by atoms with Crippen LogP contribution in [0.4, 0.5) is 8.78 Å². The van der Waals surface area contributed by atoms with Crippen molar-refractivity contribution >= 4 is 11.9 Å². The van der Waals surface area contributed by atoms with Crippen LogP contribution in [0, 0.1) is 17.6 Å². The minimum Gasteiger partial charge on any atom is -0.478 e. The first-order valence-electron chi connectivity index (χ1n) is 5.49. The monoisotopic (exact) mass is 255 g/mol. The summed E-state index contributed by atoms with van der Waals surface area (Å²) < 4.78 is 26.0. The van der Waals surface area contributed by atoms with Gasteiger partial charge in [0.15, 0.2) is 11.6 Å². The first-order chi connectivity index (χ1) is 8.49. The summed E-state index contributed by atoms with van der Waals surface area (Å²) in [6.45, 7) is 0.427. The van der Waals surface area contributed by atoms with Crippen molar-refractivity contribution in [1.82, 2.24) is 5.32 Å². The summed E-state index contributed by atoms with van der Waals surface area (Å²) in [5.74, 6) is -4.28. The average Bonchev–Trinajstić information content (AvgIpc) is 3.12. The van der Waals surface area contributed by atoms with E-state index >= 15 is 0 Å². The van der Waals surface area contributed by atoms with Gasteiger partial charge in [0.25, 0.3) is 5.91 Å². The first kappa shape index (κ1) is 12.5. The predicted octanol–water partition coefficient (Wildman–Crippen LogP) is 1.80. The normalized spacial score (nSPS) is 14.3. The molecule has 6 heteroatoms. The van der Waals surface area contributed by atoms with Gasteiger partial charge in [-0.05, 0) is 30.9 Å². The molecule has 1 aliphatic carbocycles. The van der Waals surface area contributed by atoms with E-state index in [4.69, 9.17) is 5.11 Å². The number of amides is 1. The molecule has 0 heterocycles. The van der Waals surface area contributed by atoms with Gasteiger partial charge in [-0.2, -0.15) is 0 Å². The molecule has 1 aliphatic rings. The zero-order valence-electron chi connectivity index (χ0n) is 9.37. The van der Waals surface area contributed by atoms with E-state index in [1.54, 1.807) is 0 Å². The van der Waals surface area contributed by atoms with Gasteiger partial charge in [-0.1, -0.05) is 0 Å². The molecule has 0 radical (unpaired) electrons. The van der Waals surface area contributed by atoms with Crippen LogP contribution in [0.15, 0.2) is 12.1 Å². The Hall–Kier alpha value is -1.98. The molecule has 1 aromatic carbocycles. The fraction of sp³-hybridized carbons (Fsp3) is 0.333. The molecule has 1 fully saturated rings. The van der Waals surface area contributed by atoms with Crippen molar-refractivity contribution < 1.29 is 23.5 Å². The number of carbonyl (C=O) groups excluding carboxylic acids is 1. The smallest absolute Gasteiger partial charge is 0.336 e. The van der Waals surface area contributed by atoms with Crippen LogP contribution in [-0.4, -0.2) is 23.5 Å². The van der Waals surface area contributed by atoms with E-state index in [2.05, 4.69) is 5.32 Å². The Kier molecular flexibility index (Phi) is 3.27. The molecule has 0 bridgehead atoms. The minimum atomic E-state index is -1.47. The molecule has 0 atom stereocenters. The molecule has 0 saturated heterocycles. The van der Waals surface area contributed by atoms with Gasteiger partial charge in [-0.25, -0.2) is 13.6 Å². The van der Waals surface area contributed by atoms with Gasteiger partial charge in [-0.3, -0.25) is 4.79 Å². The van der Waals surface area contributed by atoms with Gasteiger partial charge in [0, 0.05) is 6.54 Å². The molecular weight excluding hydrogens is 244 g/mol. The lowest BCUT2D eigenvalue weighted by molar-refractivity contribution is 0.0690. The fourth-order valence-electron chi connectivity index (χ4n) is 1.57. The predicted molar refractivity (Wildman–Crippen MR) is 58.4 cm³/mol. The van der Waals surface area contributed by atoms with Gasteiger partial charge in [0.1, 0.15) is 0 Å². The van der Waals surface area contributed by atoms with Crippen molar-refractivity contribution in [1.29, 1.82) is 0 Å². The molecule has 0 aliphatic heterocycles. The molecule has 96 valence electrons. The molecule has 0 spiro atoms. The molecule has 0 unspecified atom stereocenters. The molecule has 18 heavy (non-hydrogen) atoms. The van der Waals surface area contributed by atoms with Crippen molar-refractivity contribution in [2.45, 2.75) is 12.8 Å². The topological polar surface area (TPSA) is 66.4 Å². The Bertz CT molecular complexity index is 512. The van der Waals surface area contributed by atoms with Crippen LogP contribution in [0.2, 0.25) is 0 Å². The standard InChI is InChI=1S/C12H11F2NO3/c13-9-3-7(8(12(17)18)4-10(9)14)11(16)15-5-6-1-2-6/h3-4,6H,1-2,5H2,(H,15,16)(H,17,18). The number of benzene rings is 1. The number of nitrogens with one attached hydrogen (secondary N) is 1. The molecule has 2 rings (SSSR count). The van der Waals surface area contributed by atoms with Crippen molar-refractivity contribution in [3.8, 4) is 0 Å². The molecule has 1 amide bonds. The van der Waals surface area contributed by atoms with Crippen LogP contribution >= 0.6 is 0 Å². The van der Waals surface area contributed by atoms with E-state index in [0.29, 0.717) is 24.6 Å². The number of hydrogen-bond acceptors (Lipinski definition) is 2. The van der Waals surface area contributed by atoms with Gasteiger partial charge in [0.05, 0.1) is 11.1 Å². The van der Waals surface area contributed by atoms with Crippen molar-refractivity contribution in [3.63, 3.8) is 0 Å². The number of aromatic carboxylic acids is 1. The number of rotatable bonds is 4. The van der Waals surface area contributed by atoms with E-state index in [1.165, 1.54) is 0 Å². The molecular formula is C12H11F2NO3. The highest BCUT2D eigenvalue weighted by Crippen LogP contribution is 2.27. The van der Waals surface area contributed by atoms with E-state index in [9.17, 15) is 18.4 Å². The SMILES string of the molecule is O=C(O)c1cc(F)c(F)cc1C(=O)NCC1CC1. The lowest BCUT2D eigenvalue weighted by Crippen LogP contribution is -2.27. The maximum atomic E-state index is 13.0. The summed E-state index contributed by atoms with van der Waals surface area (Å²) in [7, 11) is 0. The first-order valence-corrected chi connectivity index (χ1v) is 5.49. The Morgan fingerprint density at radius 2 is 1.78 bits per heavy atom. The third-order valence-corrected chi connectivity index (χ3v) is 2.78. The van der Waals surface area contributed by atoms with E-state index in [1.807, 2.05) is 0 Å². The lowest BCUT2D eigenvalue weighted by atomic mass is 10.1. The van der Waals surface area contributed by atoms with Crippen LogP contribution in [0.3, 0.4) is 0 Å². The van der Waals surface area contributed by atoms with Crippen molar-refractivity contribution in [3.05, 3.63) is 34.9 Å². The highest BCUT2D eigenvalue weighted by molar-refractivity contribution is 6.04. The molecule has 0 aromatic heterocycles. The lowest BCUT2D eigenvalue weighted by Gasteiger charge is -2.08. The Labute approximate surface area is 102 Å². The third kappa shape index (κ3) is 2.64. The highest BCUT2D eigenvalue weighted by Gasteiger charge is 2.24. The second-order valence-corrected chi connectivity index (χ2v) is 4.27. The fourth-order valence-corrected chi connectivity index (χ4v) is 1.57. The zero-order valence-corrected chi connectivity index (χ0v) is 9.37. The van der Waals surface area contributed by atoms with Gasteiger partial charge in [-0.15, -0.1) is 0 Å². The van der Waals surface area contributed by atoms with Crippen LogP contribution in [-0.2, 0) is 0 Å². The Balaban J connectivity index is 2.25. The maximum absolute atomic E-state index is 13.0. The molecule has 1 saturated carbocycles. The average molecular weight is 255 g/mol. The van der Waals surface area contributed by atoms with E-state index in [-0.39, 0.29) is 5.56 Å². The Morgan fingerprint density at radius 3 is 2.28 bits per heavy atom. The Morgan fingerprint density at radius 1 is 1.22 bits per heavy atom. The summed E-state index contributed by atoms with van der Waals surface area (Å²) in [4.78, 5) is 22.6. The van der Waals surface area contributed by atoms with Crippen LogP contribution in [0.5, 0.6) is 0 Å². The largest absolute Gasteiger partial charge is 0.478 e. The third-order valence-electron chi connectivity index (χ3n) is 2.78. The summed E-state index contributed by atoms with van der Waals surface area (Å²) in [5.41, 5.74) is -0.899. The van der Waals surface area contributed by atoms with E-state index < -0.39 is 29.1 Å². The second-order valence-electron chi connectivity index (χ2n) is 4.27. The highest BCUT2D eigenvalue weighted by atomic mass is 19.2. The van der Waals surface area contributed by atoms with Crippen molar-refractivity contribution in [2.75, 3.05) is 6.54 Å². The quantitative estimate of drug-likeness (QED) is 0.862. The summed E-state index contributed by atoms with van der Waals surface area (Å²) >= 11 is 0. The molecule has 4 nitrogen and oxygen atoms in total. The summed E-state index contributed by atoms with van der Waals surface area (Å²) in [5, 5.41) is 11.4. The number of hydrogen-bond donors (Lipinski definition) is 2. The zero-order chi connectivity index (χ0) is 13.3. The number of halogens is 2. The van der Waals surface area contributed by atoms with Crippen LogP contribution in [0.25, 0.3) is 0 Å². The number of carboxylic acid groups (broad SMARTS) is 1. The van der Waals surface area contributed by atoms with Crippen LogP contribution in [0.1, 0.15) is 33.6 Å².